The lowest BCUT2D eigenvalue weighted by Gasteiger charge is -2.07. The van der Waals surface area contributed by atoms with E-state index in [1.54, 1.807) is 0 Å². The molecule has 0 aliphatic heterocycles. The number of esters is 1. The molecule has 0 amide bonds. The zero-order valence-corrected chi connectivity index (χ0v) is 11.6. The number of methoxy groups -OCH3 is 1. The number of halogens is 2. The van der Waals surface area contributed by atoms with Crippen molar-refractivity contribution in [1.82, 2.24) is 0 Å². The van der Waals surface area contributed by atoms with Gasteiger partial charge in [-0.2, -0.15) is 0 Å². The Morgan fingerprint density at radius 3 is 2.43 bits per heavy atom. The Balaban J connectivity index is 2.50. The molecule has 0 heterocycles. The quantitative estimate of drug-likeness (QED) is 0.879. The molecule has 0 aromatic heterocycles. The maximum Gasteiger partial charge on any atom is 0.340 e. The predicted octanol–water partition coefficient (Wildman–Crippen LogP) is 3.63. The fourth-order valence-electron chi connectivity index (χ4n) is 1.85. The monoisotopic (exact) mass is 308 g/mol. The van der Waals surface area contributed by atoms with Crippen molar-refractivity contribution in [3.63, 3.8) is 0 Å². The third-order valence-electron chi connectivity index (χ3n) is 2.85. The summed E-state index contributed by atoms with van der Waals surface area (Å²) in [5.74, 6) is -2.67. The molecular formula is C15H10ClFO4. The average molecular weight is 309 g/mol. The molecule has 6 heteroatoms. The minimum Gasteiger partial charge on any atom is -0.478 e. The number of benzene rings is 2. The van der Waals surface area contributed by atoms with E-state index in [1.165, 1.54) is 30.3 Å². The van der Waals surface area contributed by atoms with Crippen LogP contribution in [-0.2, 0) is 4.74 Å². The molecule has 2 rings (SSSR count). The first-order valence-corrected chi connectivity index (χ1v) is 6.22. The number of hydrogen-bond acceptors (Lipinski definition) is 3. The third kappa shape index (κ3) is 3.20. The summed E-state index contributed by atoms with van der Waals surface area (Å²) in [7, 11) is 1.16. The summed E-state index contributed by atoms with van der Waals surface area (Å²) in [5, 5.41) is 9.21. The highest BCUT2D eigenvalue weighted by Gasteiger charge is 2.14. The SMILES string of the molecule is COC(=O)c1ccc(-c2cc(Cl)cc(C(=O)O)c2)cc1F. The van der Waals surface area contributed by atoms with E-state index < -0.39 is 17.8 Å². The molecule has 0 fully saturated rings. The number of carboxylic acid groups (broad SMARTS) is 1. The molecule has 0 atom stereocenters. The second-order valence-corrected chi connectivity index (χ2v) is 4.66. The predicted molar refractivity (Wildman–Crippen MR) is 75.1 cm³/mol. The number of aromatic carboxylic acids is 1. The zero-order valence-electron chi connectivity index (χ0n) is 10.9. The summed E-state index contributed by atoms with van der Waals surface area (Å²) >= 11 is 5.86. The molecule has 0 saturated carbocycles. The molecular weight excluding hydrogens is 299 g/mol. The van der Waals surface area contributed by atoms with Gasteiger partial charge in [-0.25, -0.2) is 14.0 Å². The van der Waals surface area contributed by atoms with Crippen LogP contribution in [0.15, 0.2) is 36.4 Å². The molecule has 0 spiro atoms. The van der Waals surface area contributed by atoms with Crippen LogP contribution < -0.4 is 0 Å². The maximum absolute atomic E-state index is 13.9. The van der Waals surface area contributed by atoms with Crippen molar-refractivity contribution < 1.29 is 23.8 Å². The molecule has 0 aliphatic carbocycles. The van der Waals surface area contributed by atoms with Crippen LogP contribution in [0.4, 0.5) is 4.39 Å². The highest BCUT2D eigenvalue weighted by atomic mass is 35.5. The Labute approximate surface area is 124 Å². The van der Waals surface area contributed by atoms with E-state index in [2.05, 4.69) is 4.74 Å². The number of hydrogen-bond donors (Lipinski definition) is 1. The van der Waals surface area contributed by atoms with Crippen LogP contribution in [0.1, 0.15) is 20.7 Å². The van der Waals surface area contributed by atoms with Gasteiger partial charge < -0.3 is 9.84 Å². The number of carboxylic acids is 1. The Morgan fingerprint density at radius 2 is 1.86 bits per heavy atom. The average Bonchev–Trinajstić information content (AvgIpc) is 2.45. The molecule has 0 bridgehead atoms. The van der Waals surface area contributed by atoms with E-state index in [1.807, 2.05) is 0 Å². The molecule has 1 N–H and O–H groups in total. The lowest BCUT2D eigenvalue weighted by Crippen LogP contribution is -2.04. The van der Waals surface area contributed by atoms with Gasteiger partial charge in [-0.15, -0.1) is 0 Å². The Hall–Kier alpha value is -2.40. The van der Waals surface area contributed by atoms with E-state index in [0.717, 1.165) is 13.2 Å². The molecule has 0 saturated heterocycles. The van der Waals surface area contributed by atoms with Crippen molar-refractivity contribution >= 4 is 23.5 Å². The Kier molecular flexibility index (Phi) is 4.23. The zero-order chi connectivity index (χ0) is 15.6. The normalized spacial score (nSPS) is 10.2. The summed E-state index contributed by atoms with van der Waals surface area (Å²) < 4.78 is 18.3. The van der Waals surface area contributed by atoms with Gasteiger partial charge in [-0.1, -0.05) is 17.7 Å². The number of carbonyl (C=O) groups is 2. The van der Waals surface area contributed by atoms with Crippen LogP contribution in [-0.4, -0.2) is 24.2 Å². The number of carbonyl (C=O) groups excluding carboxylic acids is 1. The van der Waals surface area contributed by atoms with Crippen LogP contribution in [0, 0.1) is 5.82 Å². The molecule has 0 aliphatic rings. The standard InChI is InChI=1S/C15H10ClFO4/c1-21-15(20)12-3-2-8(7-13(12)17)9-4-10(14(18)19)6-11(16)5-9/h2-7H,1H3,(H,18,19). The van der Waals surface area contributed by atoms with E-state index in [0.29, 0.717) is 11.1 Å². The highest BCUT2D eigenvalue weighted by Crippen LogP contribution is 2.26. The minimum absolute atomic E-state index is 0.00467. The van der Waals surface area contributed by atoms with Crippen molar-refractivity contribution in [2.45, 2.75) is 0 Å². The van der Waals surface area contributed by atoms with Crippen molar-refractivity contribution in [1.29, 1.82) is 0 Å². The first-order chi connectivity index (χ1) is 9.92. The molecule has 0 radical (unpaired) electrons. The molecule has 108 valence electrons. The van der Waals surface area contributed by atoms with Crippen molar-refractivity contribution in [3.05, 3.63) is 58.4 Å². The van der Waals surface area contributed by atoms with Crippen molar-refractivity contribution in [2.75, 3.05) is 7.11 Å². The fourth-order valence-corrected chi connectivity index (χ4v) is 2.09. The summed E-state index contributed by atoms with van der Waals surface area (Å²) in [6, 6.07) is 8.09. The van der Waals surface area contributed by atoms with E-state index in [4.69, 9.17) is 16.7 Å². The van der Waals surface area contributed by atoms with Crippen LogP contribution >= 0.6 is 11.6 Å². The van der Waals surface area contributed by atoms with Gasteiger partial charge in [0.15, 0.2) is 0 Å². The van der Waals surface area contributed by atoms with Crippen molar-refractivity contribution in [2.24, 2.45) is 0 Å². The van der Waals surface area contributed by atoms with E-state index in [-0.39, 0.29) is 16.1 Å². The van der Waals surface area contributed by atoms with Gasteiger partial charge in [0.1, 0.15) is 5.82 Å². The minimum atomic E-state index is -1.13. The molecule has 21 heavy (non-hydrogen) atoms. The first kappa shape index (κ1) is 15.0. The van der Waals surface area contributed by atoms with E-state index >= 15 is 0 Å². The lowest BCUT2D eigenvalue weighted by molar-refractivity contribution is 0.0594. The summed E-state index contributed by atoms with van der Waals surface area (Å²) in [6.07, 6.45) is 0. The maximum atomic E-state index is 13.9. The van der Waals surface area contributed by atoms with Gasteiger partial charge >= 0.3 is 11.9 Å². The second kappa shape index (κ2) is 5.93. The molecule has 4 nitrogen and oxygen atoms in total. The summed E-state index contributed by atoms with van der Waals surface area (Å²) in [5.41, 5.74) is 0.650. The van der Waals surface area contributed by atoms with Crippen LogP contribution in [0.3, 0.4) is 0 Å². The van der Waals surface area contributed by atoms with Gasteiger partial charge in [0.25, 0.3) is 0 Å². The van der Waals surface area contributed by atoms with Gasteiger partial charge in [0.2, 0.25) is 0 Å². The number of rotatable bonds is 3. The first-order valence-electron chi connectivity index (χ1n) is 5.84. The fraction of sp³-hybridized carbons (Fsp3) is 0.0667. The lowest BCUT2D eigenvalue weighted by atomic mass is 10.0. The second-order valence-electron chi connectivity index (χ2n) is 4.22. The van der Waals surface area contributed by atoms with E-state index in [9.17, 15) is 14.0 Å². The van der Waals surface area contributed by atoms with Gasteiger partial charge in [0.05, 0.1) is 18.2 Å². The molecule has 2 aromatic carbocycles. The Morgan fingerprint density at radius 1 is 1.14 bits per heavy atom. The van der Waals surface area contributed by atoms with Gasteiger partial charge in [0, 0.05) is 5.02 Å². The number of ether oxygens (including phenoxy) is 1. The van der Waals surface area contributed by atoms with Crippen molar-refractivity contribution in [3.8, 4) is 11.1 Å². The van der Waals surface area contributed by atoms with Gasteiger partial charge in [-0.05, 0) is 41.5 Å². The Bertz CT molecular complexity index is 728. The van der Waals surface area contributed by atoms with Gasteiger partial charge in [-0.3, -0.25) is 0 Å². The molecule has 2 aromatic rings. The third-order valence-corrected chi connectivity index (χ3v) is 3.07. The summed E-state index contributed by atoms with van der Waals surface area (Å²) in [4.78, 5) is 22.3. The van der Waals surface area contributed by atoms with Crippen LogP contribution in [0.25, 0.3) is 11.1 Å². The largest absolute Gasteiger partial charge is 0.478 e. The van der Waals surface area contributed by atoms with Crippen LogP contribution in [0.2, 0.25) is 5.02 Å². The topological polar surface area (TPSA) is 63.6 Å². The van der Waals surface area contributed by atoms with Crippen LogP contribution in [0.5, 0.6) is 0 Å². The molecule has 0 unspecified atom stereocenters. The smallest absolute Gasteiger partial charge is 0.340 e. The highest BCUT2D eigenvalue weighted by molar-refractivity contribution is 6.31. The summed E-state index contributed by atoms with van der Waals surface area (Å²) in [6.45, 7) is 0.